The minimum atomic E-state index is 0.183. The largest absolute Gasteiger partial charge is 0.240 e. The van der Waals surface area contributed by atoms with Gasteiger partial charge in [0.1, 0.15) is 6.54 Å². The first kappa shape index (κ1) is 8.37. The Bertz CT molecular complexity index is 452. The molecule has 0 radical (unpaired) electrons. The Labute approximate surface area is 82.7 Å². The highest BCUT2D eigenvalue weighted by molar-refractivity contribution is 9.10. The van der Waals surface area contributed by atoms with Crippen molar-refractivity contribution >= 4 is 21.4 Å². The van der Waals surface area contributed by atoms with Crippen molar-refractivity contribution in [3.63, 3.8) is 0 Å². The molecular formula is C8H6BrN3O. The number of pyridine rings is 1. The number of halogens is 1. The summed E-state index contributed by atoms with van der Waals surface area (Å²) >= 11 is 3.40. The number of aromatic nitrogens is 2. The molecule has 0 N–H and O–H groups in total. The van der Waals surface area contributed by atoms with Gasteiger partial charge in [-0.25, -0.2) is 4.52 Å². The molecule has 0 fully saturated rings. The van der Waals surface area contributed by atoms with Crippen LogP contribution in [0.1, 0.15) is 5.56 Å². The first-order valence-electron chi connectivity index (χ1n) is 3.73. The van der Waals surface area contributed by atoms with E-state index in [9.17, 15) is 4.91 Å². The summed E-state index contributed by atoms with van der Waals surface area (Å²) in [6.07, 6.45) is 3.51. The van der Waals surface area contributed by atoms with Crippen molar-refractivity contribution in [2.75, 3.05) is 0 Å². The third-order valence-electron chi connectivity index (χ3n) is 1.83. The second-order valence-corrected chi connectivity index (χ2v) is 3.40. The minimum absolute atomic E-state index is 0.183. The van der Waals surface area contributed by atoms with Gasteiger partial charge in [-0.05, 0) is 33.6 Å². The highest BCUT2D eigenvalue weighted by Gasteiger charge is 2.04. The van der Waals surface area contributed by atoms with Crippen LogP contribution in [-0.4, -0.2) is 9.61 Å². The fraction of sp³-hybridized carbons (Fsp3) is 0.125. The molecule has 0 saturated heterocycles. The van der Waals surface area contributed by atoms with Crippen LogP contribution in [-0.2, 0) is 6.54 Å². The van der Waals surface area contributed by atoms with Gasteiger partial charge >= 0.3 is 0 Å². The lowest BCUT2D eigenvalue weighted by Gasteiger charge is -2.01. The van der Waals surface area contributed by atoms with E-state index in [0.29, 0.717) is 0 Å². The molecule has 66 valence electrons. The minimum Gasteiger partial charge on any atom is -0.240 e. The van der Waals surface area contributed by atoms with Crippen LogP contribution in [0.25, 0.3) is 5.52 Å². The van der Waals surface area contributed by atoms with Gasteiger partial charge in [0.25, 0.3) is 0 Å². The molecule has 2 rings (SSSR count). The topological polar surface area (TPSA) is 46.7 Å². The van der Waals surface area contributed by atoms with Crippen molar-refractivity contribution in [3.8, 4) is 0 Å². The number of fused-ring (bicyclic) bond motifs is 1. The zero-order chi connectivity index (χ0) is 9.26. The van der Waals surface area contributed by atoms with E-state index >= 15 is 0 Å². The van der Waals surface area contributed by atoms with Crippen molar-refractivity contribution in [2.24, 2.45) is 5.18 Å². The summed E-state index contributed by atoms with van der Waals surface area (Å²) in [6, 6.07) is 3.70. The number of nitroso groups, excluding NO2 is 1. The lowest BCUT2D eigenvalue weighted by atomic mass is 10.2. The lowest BCUT2D eigenvalue weighted by molar-refractivity contribution is 0.940. The predicted octanol–water partition coefficient (Wildman–Crippen LogP) is 2.36. The van der Waals surface area contributed by atoms with E-state index in [1.165, 1.54) is 0 Å². The normalized spacial score (nSPS) is 10.5. The molecule has 0 aliphatic rings. The molecule has 5 heteroatoms. The zero-order valence-electron chi connectivity index (χ0n) is 6.64. The smallest absolute Gasteiger partial charge is 0.107 e. The highest BCUT2D eigenvalue weighted by atomic mass is 79.9. The van der Waals surface area contributed by atoms with E-state index in [1.54, 1.807) is 16.9 Å². The zero-order valence-corrected chi connectivity index (χ0v) is 8.23. The molecule has 0 spiro atoms. The van der Waals surface area contributed by atoms with Crippen molar-refractivity contribution < 1.29 is 0 Å². The summed E-state index contributed by atoms with van der Waals surface area (Å²) in [5, 5.41) is 6.91. The van der Waals surface area contributed by atoms with Crippen LogP contribution in [0.5, 0.6) is 0 Å². The summed E-state index contributed by atoms with van der Waals surface area (Å²) in [7, 11) is 0. The first-order chi connectivity index (χ1) is 6.33. The van der Waals surface area contributed by atoms with Crippen molar-refractivity contribution in [3.05, 3.63) is 39.5 Å². The number of nitrogens with zero attached hydrogens (tertiary/aromatic N) is 3. The van der Waals surface area contributed by atoms with E-state index in [-0.39, 0.29) is 6.54 Å². The molecule has 0 aliphatic heterocycles. The average Bonchev–Trinajstić information content (AvgIpc) is 2.58. The molecule has 13 heavy (non-hydrogen) atoms. The fourth-order valence-electron chi connectivity index (χ4n) is 1.20. The van der Waals surface area contributed by atoms with E-state index < -0.39 is 0 Å². The van der Waals surface area contributed by atoms with E-state index in [1.807, 2.05) is 12.1 Å². The third-order valence-corrected chi connectivity index (χ3v) is 2.74. The Kier molecular flexibility index (Phi) is 2.10. The molecule has 0 unspecified atom stereocenters. The molecule has 0 atom stereocenters. The van der Waals surface area contributed by atoms with Crippen molar-refractivity contribution in [1.29, 1.82) is 0 Å². The Morgan fingerprint density at radius 2 is 2.38 bits per heavy atom. The maximum atomic E-state index is 10.1. The van der Waals surface area contributed by atoms with Crippen LogP contribution < -0.4 is 0 Å². The molecule has 0 bridgehead atoms. The van der Waals surface area contributed by atoms with Gasteiger partial charge in [0.05, 0.1) is 11.7 Å². The monoisotopic (exact) mass is 239 g/mol. The second-order valence-electron chi connectivity index (χ2n) is 2.60. The SMILES string of the molecule is O=NCc1ccn2nccc2c1Br. The van der Waals surface area contributed by atoms with Crippen LogP contribution in [0.3, 0.4) is 0 Å². The molecule has 0 amide bonds. The molecule has 0 aromatic carbocycles. The maximum absolute atomic E-state index is 10.1. The predicted molar refractivity (Wildman–Crippen MR) is 52.4 cm³/mol. The standard InChI is InChI=1S/C8H6BrN3O/c9-8-6(5-11-13)2-4-12-7(8)1-3-10-12/h1-4H,5H2. The lowest BCUT2D eigenvalue weighted by Crippen LogP contribution is -1.91. The second kappa shape index (κ2) is 3.26. The number of rotatable bonds is 2. The molecule has 4 nitrogen and oxygen atoms in total. The van der Waals surface area contributed by atoms with Crippen molar-refractivity contribution in [2.45, 2.75) is 6.54 Å². The van der Waals surface area contributed by atoms with Crippen molar-refractivity contribution in [1.82, 2.24) is 9.61 Å². The third kappa shape index (κ3) is 1.35. The van der Waals surface area contributed by atoms with Gasteiger partial charge in [0.2, 0.25) is 0 Å². The Morgan fingerprint density at radius 3 is 3.15 bits per heavy atom. The van der Waals surface area contributed by atoms with E-state index in [0.717, 1.165) is 15.6 Å². The molecular weight excluding hydrogens is 234 g/mol. The van der Waals surface area contributed by atoms with Crippen LogP contribution >= 0.6 is 15.9 Å². The molecule has 2 aromatic rings. The Morgan fingerprint density at radius 1 is 1.54 bits per heavy atom. The van der Waals surface area contributed by atoms with Crippen LogP contribution in [0, 0.1) is 4.91 Å². The first-order valence-corrected chi connectivity index (χ1v) is 4.52. The van der Waals surface area contributed by atoms with Gasteiger partial charge in [-0.3, -0.25) is 0 Å². The van der Waals surface area contributed by atoms with Gasteiger partial charge in [0, 0.05) is 10.7 Å². The molecule has 0 saturated carbocycles. The summed E-state index contributed by atoms with van der Waals surface area (Å²) < 4.78 is 2.62. The summed E-state index contributed by atoms with van der Waals surface area (Å²) in [6.45, 7) is 0.183. The van der Waals surface area contributed by atoms with Gasteiger partial charge in [-0.2, -0.15) is 10.0 Å². The summed E-state index contributed by atoms with van der Waals surface area (Å²) in [5.74, 6) is 0. The van der Waals surface area contributed by atoms with Crippen LogP contribution in [0.2, 0.25) is 0 Å². The average molecular weight is 240 g/mol. The van der Waals surface area contributed by atoms with Crippen LogP contribution in [0.15, 0.2) is 34.2 Å². The highest BCUT2D eigenvalue weighted by Crippen LogP contribution is 2.22. The number of hydrogen-bond acceptors (Lipinski definition) is 3. The molecule has 2 aromatic heterocycles. The van der Waals surface area contributed by atoms with Gasteiger partial charge in [-0.15, -0.1) is 0 Å². The van der Waals surface area contributed by atoms with E-state index in [4.69, 9.17) is 0 Å². The summed E-state index contributed by atoms with van der Waals surface area (Å²) in [4.78, 5) is 10.1. The Balaban J connectivity index is 2.65. The molecule has 2 heterocycles. The fourth-order valence-corrected chi connectivity index (χ4v) is 1.77. The van der Waals surface area contributed by atoms with E-state index in [2.05, 4.69) is 26.2 Å². The van der Waals surface area contributed by atoms with Gasteiger partial charge in [0.15, 0.2) is 0 Å². The van der Waals surface area contributed by atoms with Crippen LogP contribution in [0.4, 0.5) is 0 Å². The Hall–Kier alpha value is -1.23. The quantitative estimate of drug-likeness (QED) is 0.756. The molecule has 0 aliphatic carbocycles. The maximum Gasteiger partial charge on any atom is 0.107 e. The number of hydrogen-bond donors (Lipinski definition) is 0. The van der Waals surface area contributed by atoms with Gasteiger partial charge in [-0.1, -0.05) is 5.18 Å². The van der Waals surface area contributed by atoms with Gasteiger partial charge < -0.3 is 0 Å². The summed E-state index contributed by atoms with van der Waals surface area (Å²) in [5.41, 5.74) is 1.82.